The van der Waals surface area contributed by atoms with E-state index in [1.807, 2.05) is 34.6 Å². The van der Waals surface area contributed by atoms with Crippen LogP contribution in [0.1, 0.15) is 67.6 Å². The number of ketones is 1. The summed E-state index contributed by atoms with van der Waals surface area (Å²) in [6, 6.07) is 9.14. The lowest BCUT2D eigenvalue weighted by atomic mass is 9.79. The number of nitrogens with zero attached hydrogens (tertiary/aromatic N) is 3. The molecule has 3 aromatic rings. The van der Waals surface area contributed by atoms with E-state index in [9.17, 15) is 14.6 Å². The van der Waals surface area contributed by atoms with E-state index in [0.717, 1.165) is 62.1 Å². The Morgan fingerprint density at radius 2 is 1.95 bits per heavy atom. The first-order chi connectivity index (χ1) is 19.3. The molecule has 0 unspecified atom stereocenters. The molecule has 2 aromatic carbocycles. The van der Waals surface area contributed by atoms with Crippen LogP contribution in [-0.4, -0.2) is 66.7 Å². The second kappa shape index (κ2) is 11.0. The van der Waals surface area contributed by atoms with Crippen molar-refractivity contribution in [3.63, 3.8) is 0 Å². The number of piperazine rings is 1. The number of aromatic nitrogens is 1. The molecule has 2 aliphatic heterocycles. The number of Topliss-reactive ketones (excluding diaryl/α,β-unsaturated/α-hetero) is 1. The van der Waals surface area contributed by atoms with Crippen molar-refractivity contribution in [1.82, 2.24) is 9.47 Å². The molecule has 0 amide bonds. The standard InChI is InChI=1S/C30H35BFN3O5/c1-3-29-22-8-7-21(15-25(22)31(38)40-29)39-14-4-9-33-10-12-34(13-11-33)28-17-27-23(16-26(28)32)30(37)24(19(2)36)18-35(27)20-5-6-20/h7-8,15-18,20,29,38H,3-6,9-14H2,1-2H3/t29-/m1/s1. The second-order valence-electron chi connectivity index (χ2n) is 11.1. The molecule has 10 heteroatoms. The number of carbonyl (C=O) groups excluding carboxylic acids is 1. The number of pyridine rings is 1. The third kappa shape index (κ3) is 5.16. The number of hydrogen-bond acceptors (Lipinski definition) is 7. The molecule has 1 saturated carbocycles. The summed E-state index contributed by atoms with van der Waals surface area (Å²) in [6.45, 7) is 7.83. The average Bonchev–Trinajstić information content (AvgIpc) is 3.75. The largest absolute Gasteiger partial charge is 0.494 e. The monoisotopic (exact) mass is 547 g/mol. The molecule has 0 radical (unpaired) electrons. The minimum Gasteiger partial charge on any atom is -0.494 e. The van der Waals surface area contributed by atoms with Gasteiger partial charge in [0.2, 0.25) is 0 Å². The number of carbonyl (C=O) groups is 1. The van der Waals surface area contributed by atoms with Crippen LogP contribution in [0.15, 0.2) is 41.3 Å². The Morgan fingerprint density at radius 1 is 1.18 bits per heavy atom. The van der Waals surface area contributed by atoms with Crippen molar-refractivity contribution >= 4 is 35.0 Å². The Balaban J connectivity index is 1.06. The van der Waals surface area contributed by atoms with E-state index in [-0.39, 0.29) is 28.9 Å². The SMILES string of the molecule is CC[C@H]1OB(O)c2cc(OCCCN3CCN(c4cc5c(cc4F)c(=O)c(C(C)=O)cn5C4CC4)CC3)ccc21. The average molecular weight is 547 g/mol. The van der Waals surface area contributed by atoms with Crippen molar-refractivity contribution in [1.29, 1.82) is 0 Å². The van der Waals surface area contributed by atoms with Crippen molar-refractivity contribution < 1.29 is 23.6 Å². The minimum atomic E-state index is -0.897. The van der Waals surface area contributed by atoms with Crippen molar-refractivity contribution in [2.45, 2.75) is 51.7 Å². The number of rotatable bonds is 9. The number of benzene rings is 2. The van der Waals surface area contributed by atoms with Gasteiger partial charge in [-0.2, -0.15) is 0 Å². The van der Waals surface area contributed by atoms with Crippen molar-refractivity contribution in [3.05, 3.63) is 63.7 Å². The van der Waals surface area contributed by atoms with E-state index < -0.39 is 18.4 Å². The van der Waals surface area contributed by atoms with E-state index in [1.165, 1.54) is 13.0 Å². The molecule has 8 nitrogen and oxygen atoms in total. The van der Waals surface area contributed by atoms with Gasteiger partial charge in [-0.25, -0.2) is 4.39 Å². The predicted molar refractivity (Wildman–Crippen MR) is 153 cm³/mol. The van der Waals surface area contributed by atoms with Crippen LogP contribution in [0.4, 0.5) is 10.1 Å². The first-order valence-corrected chi connectivity index (χ1v) is 14.3. The number of ether oxygens (including phenoxy) is 1. The highest BCUT2D eigenvalue weighted by atomic mass is 19.1. The summed E-state index contributed by atoms with van der Waals surface area (Å²) < 4.78 is 28.8. The Morgan fingerprint density at radius 3 is 2.65 bits per heavy atom. The van der Waals surface area contributed by atoms with Crippen molar-refractivity contribution in [2.75, 3.05) is 44.2 Å². The molecule has 1 aliphatic carbocycles. The highest BCUT2D eigenvalue weighted by molar-refractivity contribution is 6.61. The zero-order chi connectivity index (χ0) is 28.0. The van der Waals surface area contributed by atoms with E-state index in [2.05, 4.69) is 4.90 Å². The fourth-order valence-electron chi connectivity index (χ4n) is 5.97. The van der Waals surface area contributed by atoms with E-state index in [0.29, 0.717) is 30.9 Å². The van der Waals surface area contributed by atoms with Crippen LogP contribution >= 0.6 is 0 Å². The van der Waals surface area contributed by atoms with Crippen LogP contribution in [0.3, 0.4) is 0 Å². The van der Waals surface area contributed by atoms with Gasteiger partial charge in [0.25, 0.3) is 0 Å². The molecular weight excluding hydrogens is 512 g/mol. The Hall–Kier alpha value is -3.21. The van der Waals surface area contributed by atoms with Gasteiger partial charge in [0.1, 0.15) is 11.6 Å². The Bertz CT molecular complexity index is 1500. The quantitative estimate of drug-likeness (QED) is 0.250. The highest BCUT2D eigenvalue weighted by Gasteiger charge is 2.34. The number of anilines is 1. The summed E-state index contributed by atoms with van der Waals surface area (Å²) in [5, 5.41) is 10.4. The predicted octanol–water partition coefficient (Wildman–Crippen LogP) is 3.44. The van der Waals surface area contributed by atoms with Gasteiger partial charge < -0.3 is 23.9 Å². The molecule has 40 heavy (non-hydrogen) atoms. The van der Waals surface area contributed by atoms with Gasteiger partial charge in [-0.3, -0.25) is 14.5 Å². The van der Waals surface area contributed by atoms with E-state index in [4.69, 9.17) is 9.39 Å². The molecule has 2 fully saturated rings. The van der Waals surface area contributed by atoms with Crippen LogP contribution in [0.25, 0.3) is 10.9 Å². The van der Waals surface area contributed by atoms with Gasteiger partial charge >= 0.3 is 7.12 Å². The molecule has 0 spiro atoms. The first kappa shape index (κ1) is 27.0. The summed E-state index contributed by atoms with van der Waals surface area (Å²) in [7, 11) is -0.897. The van der Waals surface area contributed by atoms with Crippen LogP contribution in [0, 0.1) is 5.82 Å². The van der Waals surface area contributed by atoms with E-state index >= 15 is 4.39 Å². The maximum Gasteiger partial charge on any atom is 0.492 e. The molecule has 1 saturated heterocycles. The second-order valence-corrected chi connectivity index (χ2v) is 11.1. The van der Waals surface area contributed by atoms with Gasteiger partial charge in [-0.05, 0) is 67.9 Å². The zero-order valence-electron chi connectivity index (χ0n) is 23.1. The number of fused-ring (bicyclic) bond motifs is 2. The topological polar surface area (TPSA) is 84.2 Å². The summed E-state index contributed by atoms with van der Waals surface area (Å²) in [5.74, 6) is 0.0116. The zero-order valence-corrected chi connectivity index (χ0v) is 23.1. The number of halogens is 1. The van der Waals surface area contributed by atoms with E-state index in [1.54, 1.807) is 12.3 Å². The van der Waals surface area contributed by atoms with Crippen molar-refractivity contribution in [3.8, 4) is 5.75 Å². The summed E-state index contributed by atoms with van der Waals surface area (Å²) in [5.41, 5.74) is 2.75. The molecule has 0 bridgehead atoms. The fourth-order valence-corrected chi connectivity index (χ4v) is 5.97. The maximum atomic E-state index is 15.3. The Labute approximate surface area is 233 Å². The van der Waals surface area contributed by atoms with Gasteiger partial charge in [0, 0.05) is 50.3 Å². The lowest BCUT2D eigenvalue weighted by Crippen LogP contribution is -2.47. The summed E-state index contributed by atoms with van der Waals surface area (Å²) in [4.78, 5) is 29.3. The first-order valence-electron chi connectivity index (χ1n) is 14.3. The smallest absolute Gasteiger partial charge is 0.492 e. The maximum absolute atomic E-state index is 15.3. The van der Waals surface area contributed by atoms with Gasteiger partial charge in [-0.15, -0.1) is 0 Å². The van der Waals surface area contributed by atoms with Crippen LogP contribution in [-0.2, 0) is 4.65 Å². The minimum absolute atomic E-state index is 0.0662. The van der Waals surface area contributed by atoms with Gasteiger partial charge in [0.15, 0.2) is 11.2 Å². The molecule has 1 atom stereocenters. The van der Waals surface area contributed by atoms with Gasteiger partial charge in [0.05, 0.1) is 29.5 Å². The summed E-state index contributed by atoms with van der Waals surface area (Å²) in [6.07, 6.45) is 5.24. The molecular formula is C30H35BFN3O5. The van der Waals surface area contributed by atoms with Crippen LogP contribution in [0.2, 0.25) is 0 Å². The normalized spacial score (nSPS) is 19.4. The molecule has 210 valence electrons. The van der Waals surface area contributed by atoms with Crippen molar-refractivity contribution in [2.24, 2.45) is 0 Å². The summed E-state index contributed by atoms with van der Waals surface area (Å²) >= 11 is 0. The Kier molecular flexibility index (Phi) is 7.42. The highest BCUT2D eigenvalue weighted by Crippen LogP contribution is 2.38. The molecule has 6 rings (SSSR count). The lowest BCUT2D eigenvalue weighted by molar-refractivity contribution is 0.101. The molecule has 3 heterocycles. The van der Waals surface area contributed by atoms with Gasteiger partial charge in [-0.1, -0.05) is 13.0 Å². The molecule has 3 aliphatic rings. The fraction of sp³-hybridized carbons (Fsp3) is 0.467. The molecule has 1 aromatic heterocycles. The molecule has 1 N–H and O–H groups in total. The van der Waals surface area contributed by atoms with Crippen LogP contribution in [0.5, 0.6) is 5.75 Å². The third-order valence-electron chi connectivity index (χ3n) is 8.36. The third-order valence-corrected chi connectivity index (χ3v) is 8.36. The van der Waals surface area contributed by atoms with Crippen LogP contribution < -0.4 is 20.5 Å². The number of hydrogen-bond donors (Lipinski definition) is 1. The lowest BCUT2D eigenvalue weighted by Gasteiger charge is -2.36.